The average molecular weight is 547 g/mol. The van der Waals surface area contributed by atoms with Gasteiger partial charge >= 0.3 is 0 Å². The Kier molecular flexibility index (Phi) is 8.06. The number of benzodiazepines with no additional fused rings is 1. The predicted molar refractivity (Wildman–Crippen MR) is 153 cm³/mol. The number of carbonyl (C=O) groups is 3. The van der Waals surface area contributed by atoms with E-state index in [4.69, 9.17) is 10.7 Å². The monoisotopic (exact) mass is 546 g/mol. The average Bonchev–Trinajstić information content (AvgIpc) is 3.64. The van der Waals surface area contributed by atoms with Crippen LogP contribution in [0.2, 0.25) is 0 Å². The van der Waals surface area contributed by atoms with Crippen molar-refractivity contribution in [3.8, 4) is 0 Å². The smallest absolute Gasteiger partial charge is 0.272 e. The Morgan fingerprint density at radius 3 is 2.35 bits per heavy atom. The molecule has 8 heteroatoms. The van der Waals surface area contributed by atoms with E-state index >= 15 is 4.39 Å². The number of para-hydroxylation sites is 1. The first kappa shape index (κ1) is 28.0. The molecule has 3 amide bonds. The van der Waals surface area contributed by atoms with Crippen molar-refractivity contribution in [2.75, 3.05) is 11.4 Å². The van der Waals surface area contributed by atoms with Gasteiger partial charge in [-0.15, -0.1) is 0 Å². The standard InChI is InChI=1S/C32H39FN4O3/c1-20(2)19-24(32(31(34)40)16-7-8-17-32)29(38)36-28-30(39)37(18-15-21-13-14-21)26-12-6-4-10-23(26)27(35-28)22-9-3-5-11-25(22)33/h3-6,9-12,20-21,24,28H,7-8,13-19H2,1-2H3,(H2,34,40)(H,36,38)/t24-,28+/m0/s1. The van der Waals surface area contributed by atoms with E-state index in [0.717, 1.165) is 32.1 Å². The second kappa shape index (κ2) is 11.5. The number of primary amides is 1. The number of fused-ring (bicyclic) bond motifs is 1. The maximum atomic E-state index is 15.1. The molecule has 2 aliphatic carbocycles. The van der Waals surface area contributed by atoms with Crippen molar-refractivity contribution in [1.82, 2.24) is 5.32 Å². The molecular weight excluding hydrogens is 507 g/mol. The third-order valence-corrected chi connectivity index (χ3v) is 8.75. The molecule has 3 N–H and O–H groups in total. The Balaban J connectivity index is 1.57. The van der Waals surface area contributed by atoms with Gasteiger partial charge in [0.2, 0.25) is 18.0 Å². The van der Waals surface area contributed by atoms with Crippen LogP contribution in [0.1, 0.15) is 76.3 Å². The molecule has 40 heavy (non-hydrogen) atoms. The summed E-state index contributed by atoms with van der Waals surface area (Å²) in [6.07, 6.45) is 5.08. The van der Waals surface area contributed by atoms with Gasteiger partial charge in [0.05, 0.1) is 22.7 Å². The van der Waals surface area contributed by atoms with Gasteiger partial charge < -0.3 is 16.0 Å². The maximum absolute atomic E-state index is 15.1. The maximum Gasteiger partial charge on any atom is 0.272 e. The zero-order valence-corrected chi connectivity index (χ0v) is 23.4. The highest BCUT2D eigenvalue weighted by atomic mass is 19.1. The summed E-state index contributed by atoms with van der Waals surface area (Å²) in [6.45, 7) is 4.49. The quantitative estimate of drug-likeness (QED) is 0.440. The zero-order chi connectivity index (χ0) is 28.4. The minimum atomic E-state index is -1.27. The molecule has 3 aliphatic rings. The van der Waals surface area contributed by atoms with Crippen molar-refractivity contribution in [3.05, 3.63) is 65.5 Å². The van der Waals surface area contributed by atoms with Gasteiger partial charge in [0.25, 0.3) is 5.91 Å². The Labute approximate surface area is 235 Å². The normalized spacial score (nSPS) is 21.0. The number of amides is 3. The van der Waals surface area contributed by atoms with Crippen molar-refractivity contribution >= 4 is 29.1 Å². The Bertz CT molecular complexity index is 1310. The second-order valence-corrected chi connectivity index (χ2v) is 12.0. The highest BCUT2D eigenvalue weighted by molar-refractivity contribution is 6.20. The third-order valence-electron chi connectivity index (χ3n) is 8.75. The van der Waals surface area contributed by atoms with E-state index in [-0.39, 0.29) is 17.4 Å². The molecule has 2 aromatic rings. The lowest BCUT2D eigenvalue weighted by atomic mass is 9.69. The van der Waals surface area contributed by atoms with E-state index in [1.807, 2.05) is 38.1 Å². The van der Waals surface area contributed by atoms with E-state index < -0.39 is 35.1 Å². The topological polar surface area (TPSA) is 105 Å². The van der Waals surface area contributed by atoms with Crippen LogP contribution in [0.15, 0.2) is 53.5 Å². The van der Waals surface area contributed by atoms with Gasteiger partial charge in [0.1, 0.15) is 5.82 Å². The van der Waals surface area contributed by atoms with Crippen LogP contribution in [0.5, 0.6) is 0 Å². The van der Waals surface area contributed by atoms with E-state index in [9.17, 15) is 14.4 Å². The zero-order valence-electron chi connectivity index (χ0n) is 23.4. The first-order valence-corrected chi connectivity index (χ1v) is 14.5. The molecule has 0 aromatic heterocycles. The van der Waals surface area contributed by atoms with Gasteiger partial charge in [-0.05, 0) is 55.7 Å². The summed E-state index contributed by atoms with van der Waals surface area (Å²) in [7, 11) is 0. The highest BCUT2D eigenvalue weighted by Gasteiger charge is 2.50. The summed E-state index contributed by atoms with van der Waals surface area (Å²) in [5.41, 5.74) is 6.84. The van der Waals surface area contributed by atoms with Crippen LogP contribution in [-0.2, 0) is 14.4 Å². The fourth-order valence-electron chi connectivity index (χ4n) is 6.40. The number of nitrogens with two attached hydrogens (primary N) is 1. The molecular formula is C32H39FN4O3. The van der Waals surface area contributed by atoms with Crippen LogP contribution in [0.4, 0.5) is 10.1 Å². The minimum Gasteiger partial charge on any atom is -0.369 e. The molecule has 2 fully saturated rings. The summed E-state index contributed by atoms with van der Waals surface area (Å²) in [6, 6.07) is 13.7. The summed E-state index contributed by atoms with van der Waals surface area (Å²) in [4.78, 5) is 47.4. The number of anilines is 1. The number of nitrogens with zero attached hydrogens (tertiary/aromatic N) is 2. The van der Waals surface area contributed by atoms with Crippen LogP contribution in [0, 0.1) is 29.0 Å². The molecule has 0 saturated heterocycles. The lowest BCUT2D eigenvalue weighted by Crippen LogP contribution is -2.54. The molecule has 2 atom stereocenters. The van der Waals surface area contributed by atoms with Crippen LogP contribution in [0.3, 0.4) is 0 Å². The third kappa shape index (κ3) is 5.54. The van der Waals surface area contributed by atoms with Gasteiger partial charge in [0, 0.05) is 17.7 Å². The number of rotatable bonds is 10. The first-order chi connectivity index (χ1) is 19.2. The number of halogens is 1. The molecule has 0 bridgehead atoms. The molecule has 7 nitrogen and oxygen atoms in total. The van der Waals surface area contributed by atoms with Crippen molar-refractivity contribution in [2.24, 2.45) is 33.9 Å². The fraction of sp³-hybridized carbons (Fsp3) is 0.500. The molecule has 2 aromatic carbocycles. The number of carbonyl (C=O) groups excluding carboxylic acids is 3. The van der Waals surface area contributed by atoms with Gasteiger partial charge in [-0.25, -0.2) is 9.38 Å². The summed E-state index contributed by atoms with van der Waals surface area (Å²) < 4.78 is 15.1. The lowest BCUT2D eigenvalue weighted by molar-refractivity contribution is -0.142. The van der Waals surface area contributed by atoms with Gasteiger partial charge in [-0.3, -0.25) is 14.4 Å². The molecule has 0 spiro atoms. The predicted octanol–water partition coefficient (Wildman–Crippen LogP) is 4.96. The molecule has 5 rings (SSSR count). The Hall–Kier alpha value is -3.55. The Morgan fingerprint density at radius 2 is 1.73 bits per heavy atom. The molecule has 2 saturated carbocycles. The van der Waals surface area contributed by atoms with Crippen molar-refractivity contribution in [1.29, 1.82) is 0 Å². The summed E-state index contributed by atoms with van der Waals surface area (Å²) in [5, 5.41) is 2.91. The lowest BCUT2D eigenvalue weighted by Gasteiger charge is -2.35. The van der Waals surface area contributed by atoms with Crippen LogP contribution in [0.25, 0.3) is 0 Å². The van der Waals surface area contributed by atoms with Crippen LogP contribution in [-0.4, -0.2) is 36.1 Å². The summed E-state index contributed by atoms with van der Waals surface area (Å²) >= 11 is 0. The number of hydrogen-bond acceptors (Lipinski definition) is 4. The van der Waals surface area contributed by atoms with E-state index in [0.29, 0.717) is 48.7 Å². The van der Waals surface area contributed by atoms with Gasteiger partial charge in [-0.2, -0.15) is 0 Å². The molecule has 1 aliphatic heterocycles. The highest BCUT2D eigenvalue weighted by Crippen LogP contribution is 2.47. The van der Waals surface area contributed by atoms with E-state index in [1.165, 1.54) is 6.07 Å². The van der Waals surface area contributed by atoms with Crippen molar-refractivity contribution in [3.63, 3.8) is 0 Å². The van der Waals surface area contributed by atoms with Crippen molar-refractivity contribution in [2.45, 2.75) is 71.4 Å². The van der Waals surface area contributed by atoms with Gasteiger partial charge in [0.15, 0.2) is 0 Å². The summed E-state index contributed by atoms with van der Waals surface area (Å²) in [5.74, 6) is -1.67. The molecule has 212 valence electrons. The number of hydrogen-bond donors (Lipinski definition) is 2. The number of benzene rings is 2. The SMILES string of the molecule is CC(C)C[C@@H](C(=O)N[C@H]1N=C(c2ccccc2F)c2ccccc2N(CCC2CC2)C1=O)C1(C(N)=O)CCCC1. The Morgan fingerprint density at radius 1 is 1.07 bits per heavy atom. The van der Waals surface area contributed by atoms with Crippen LogP contribution < -0.4 is 16.0 Å². The first-order valence-electron chi connectivity index (χ1n) is 14.5. The molecule has 0 unspecified atom stereocenters. The molecule has 0 radical (unpaired) electrons. The van der Waals surface area contributed by atoms with Crippen molar-refractivity contribution < 1.29 is 18.8 Å². The van der Waals surface area contributed by atoms with E-state index in [2.05, 4.69) is 5.32 Å². The minimum absolute atomic E-state index is 0.134. The molecule has 1 heterocycles. The van der Waals surface area contributed by atoms with Gasteiger partial charge in [-0.1, -0.05) is 69.9 Å². The fourth-order valence-corrected chi connectivity index (χ4v) is 6.40. The second-order valence-electron chi connectivity index (χ2n) is 12.0. The largest absolute Gasteiger partial charge is 0.369 e. The number of nitrogens with one attached hydrogen (secondary N) is 1. The van der Waals surface area contributed by atoms with E-state index in [1.54, 1.807) is 23.1 Å². The van der Waals surface area contributed by atoms with Crippen LogP contribution >= 0.6 is 0 Å². The number of aliphatic imine (C=N–C) groups is 1.